The van der Waals surface area contributed by atoms with Crippen molar-refractivity contribution in [1.82, 2.24) is 5.43 Å². The molecule has 0 unspecified atom stereocenters. The highest BCUT2D eigenvalue weighted by Gasteiger charge is 2.09. The fourth-order valence-electron chi connectivity index (χ4n) is 0.218. The van der Waals surface area contributed by atoms with E-state index in [0.717, 1.165) is 0 Å². The Labute approximate surface area is 55.3 Å². The fraction of sp³-hybridized carbons (Fsp3) is 0. The van der Waals surface area contributed by atoms with Crippen molar-refractivity contribution in [2.75, 3.05) is 0 Å². The smallest absolute Gasteiger partial charge is 0.373 e. The van der Waals surface area contributed by atoms with Crippen LogP contribution in [0.5, 0.6) is 0 Å². The average Bonchev–Trinajstić information content (AvgIpc) is 2.12. The summed E-state index contributed by atoms with van der Waals surface area (Å²) in [5.41, 5.74) is 2.28. The fourth-order valence-corrected chi connectivity index (χ4v) is 1.19. The Kier molecular flexibility index (Phi) is 1.51. The monoisotopic (exact) mass is 227 g/mol. The van der Waals surface area contributed by atoms with E-state index in [4.69, 9.17) is 5.11 Å². The van der Waals surface area contributed by atoms with E-state index in [1.54, 1.807) is 0 Å². The number of carboxylic acid groups (broad SMARTS) is 1. The lowest BCUT2D eigenvalue weighted by Gasteiger charge is -1.86. The number of amidine groups is 1. The summed E-state index contributed by atoms with van der Waals surface area (Å²) in [6.07, 6.45) is 0. The summed E-state index contributed by atoms with van der Waals surface area (Å²) in [4.78, 5) is 9.97. The van der Waals surface area contributed by atoms with E-state index in [9.17, 15) is 4.79 Å². The van der Waals surface area contributed by atoms with Crippen LogP contribution in [0.1, 0.15) is 0 Å². The molecule has 5 nitrogen and oxygen atoms in total. The van der Waals surface area contributed by atoms with Crippen LogP contribution in [-0.4, -0.2) is 16.9 Å². The molecular weight excluding hydrogens is 225 g/mol. The molecular formula is C2H2IN3O2. The normalized spacial score (nSPS) is 16.2. The maximum atomic E-state index is 9.97. The Morgan fingerprint density at radius 1 is 1.88 bits per heavy atom. The molecule has 6 heteroatoms. The van der Waals surface area contributed by atoms with E-state index >= 15 is 0 Å². The number of carbonyl (C=O) groups is 1. The molecule has 1 aliphatic rings. The first-order valence-electron chi connectivity index (χ1n) is 1.71. The number of halogens is 1. The molecule has 0 atom stereocenters. The van der Waals surface area contributed by atoms with Gasteiger partial charge in [0, 0.05) is 0 Å². The van der Waals surface area contributed by atoms with Gasteiger partial charge >= 0.3 is 5.97 Å². The molecule has 0 aliphatic carbocycles. The molecule has 8 heavy (non-hydrogen) atoms. The molecule has 44 valence electrons. The third-order valence-electron chi connectivity index (χ3n) is 0.511. The summed E-state index contributed by atoms with van der Waals surface area (Å²) in [6, 6.07) is 0. The quantitative estimate of drug-likeness (QED) is 0.622. The van der Waals surface area contributed by atoms with Crippen molar-refractivity contribution in [2.24, 2.45) is 6.46 Å². The zero-order valence-corrected chi connectivity index (χ0v) is 5.79. The van der Waals surface area contributed by atoms with Gasteiger partial charge in [0.1, 0.15) is 0 Å². The van der Waals surface area contributed by atoms with Crippen LogP contribution < -0.4 is 5.43 Å². The van der Waals surface area contributed by atoms with Gasteiger partial charge < -0.3 is 5.11 Å². The first kappa shape index (κ1) is 5.60. The van der Waals surface area contributed by atoms with Gasteiger partial charge in [-0.15, -0.1) is 3.25 Å². The highest BCUT2D eigenvalue weighted by molar-refractivity contribution is 14.1. The number of hydrogen-bond donors (Lipinski definition) is 2. The van der Waals surface area contributed by atoms with E-state index in [-0.39, 0.29) is 5.84 Å². The van der Waals surface area contributed by atoms with Crippen LogP contribution in [-0.2, 0) is 4.79 Å². The number of nitrogens with zero attached hydrogens (tertiary/aromatic N) is 2. The summed E-state index contributed by atoms with van der Waals surface area (Å²) >= 11 is -0.611. The van der Waals surface area contributed by atoms with E-state index in [1.165, 1.54) is 0 Å². The maximum absolute atomic E-state index is 9.97. The van der Waals surface area contributed by atoms with Crippen molar-refractivity contribution in [2.45, 2.75) is 0 Å². The maximum Gasteiger partial charge on any atom is 0.373 e. The highest BCUT2D eigenvalue weighted by Crippen LogP contribution is 2.05. The van der Waals surface area contributed by atoms with Gasteiger partial charge in [-0.3, -0.25) is 0 Å². The zero-order valence-electron chi connectivity index (χ0n) is 3.63. The highest BCUT2D eigenvalue weighted by atomic mass is 127. The Morgan fingerprint density at radius 3 is 2.88 bits per heavy atom. The molecule has 1 heterocycles. The molecule has 0 saturated carbocycles. The Morgan fingerprint density at radius 2 is 2.62 bits per heavy atom. The Balaban J connectivity index is 2.64. The van der Waals surface area contributed by atoms with Gasteiger partial charge in [-0.25, -0.2) is 10.2 Å². The third kappa shape index (κ3) is 0.997. The zero-order chi connectivity index (χ0) is 5.98. The van der Waals surface area contributed by atoms with Crippen LogP contribution in [0.15, 0.2) is 6.46 Å². The molecule has 0 aromatic heterocycles. The molecule has 0 radical (unpaired) electrons. The lowest BCUT2D eigenvalue weighted by molar-refractivity contribution is -0.129. The van der Waals surface area contributed by atoms with Crippen LogP contribution in [0.25, 0.3) is 0 Å². The van der Waals surface area contributed by atoms with Crippen LogP contribution in [0.2, 0.25) is 0 Å². The number of hydrogen-bond acceptors (Lipinski definition) is 4. The number of rotatable bonds is 1. The van der Waals surface area contributed by atoms with Gasteiger partial charge in [-0.1, -0.05) is 0 Å². The molecule has 2 N–H and O–H groups in total. The second-order valence-corrected chi connectivity index (χ2v) is 2.41. The number of carboxylic acids is 1. The first-order valence-corrected chi connectivity index (χ1v) is 3.64. The summed E-state index contributed by atoms with van der Waals surface area (Å²) < 4.78 is 7.15. The number of aliphatic carboxylic acids is 1. The second-order valence-electron chi connectivity index (χ2n) is 1.01. The summed E-state index contributed by atoms with van der Waals surface area (Å²) in [6.45, 7) is 0. The Bertz CT molecular complexity index is 174. The largest absolute Gasteiger partial charge is 0.475 e. The van der Waals surface area contributed by atoms with Crippen LogP contribution in [0.4, 0.5) is 0 Å². The van der Waals surface area contributed by atoms with E-state index in [2.05, 4.69) is 11.9 Å². The molecule has 1 rings (SSSR count). The van der Waals surface area contributed by atoms with Crippen molar-refractivity contribution in [1.29, 1.82) is 0 Å². The van der Waals surface area contributed by atoms with E-state index in [0.29, 0.717) is 0 Å². The predicted octanol–water partition coefficient (Wildman–Crippen LogP) is 0.0570. The molecule has 0 fully saturated rings. The molecule has 0 saturated heterocycles. The first-order chi connectivity index (χ1) is 3.80. The minimum absolute atomic E-state index is 0.0298. The molecule has 0 amide bonds. The van der Waals surface area contributed by atoms with Crippen molar-refractivity contribution in [3.05, 3.63) is 0 Å². The minimum Gasteiger partial charge on any atom is -0.475 e. The summed E-state index contributed by atoms with van der Waals surface area (Å²) in [7, 11) is 0. The van der Waals surface area contributed by atoms with Crippen LogP contribution in [0.3, 0.4) is 0 Å². The van der Waals surface area contributed by atoms with Gasteiger partial charge in [0.05, 0.1) is 0 Å². The van der Waals surface area contributed by atoms with Crippen LogP contribution in [0, 0.1) is 0 Å². The predicted molar refractivity (Wildman–Crippen MR) is 34.7 cm³/mol. The van der Waals surface area contributed by atoms with Crippen molar-refractivity contribution >= 4 is 33.1 Å². The third-order valence-corrected chi connectivity index (χ3v) is 1.67. The van der Waals surface area contributed by atoms with Gasteiger partial charge in [0.25, 0.3) is 0 Å². The Hall–Kier alpha value is -0.530. The van der Waals surface area contributed by atoms with Crippen LogP contribution >= 0.6 is 21.3 Å². The molecule has 0 aromatic carbocycles. The van der Waals surface area contributed by atoms with Gasteiger partial charge in [0.2, 0.25) is 5.84 Å². The topological polar surface area (TPSA) is 74.0 Å². The SMILES string of the molecule is O=C(O)C1=NI=NN1. The average molecular weight is 227 g/mol. The van der Waals surface area contributed by atoms with Gasteiger partial charge in [-0.05, 0) is 0 Å². The van der Waals surface area contributed by atoms with E-state index < -0.39 is 27.3 Å². The standard InChI is InChI=1S/C2H2IN3O2/c7-2(8)1-4-3-6-5-1/h(H,7,8)(H,4,5,6). The van der Waals surface area contributed by atoms with Crippen molar-refractivity contribution in [3.63, 3.8) is 0 Å². The molecule has 0 aromatic rings. The van der Waals surface area contributed by atoms with Crippen molar-refractivity contribution < 1.29 is 9.90 Å². The van der Waals surface area contributed by atoms with E-state index in [1.807, 2.05) is 0 Å². The second kappa shape index (κ2) is 2.16. The molecule has 0 spiro atoms. The summed E-state index contributed by atoms with van der Waals surface area (Å²) in [5, 5.41) is 8.18. The van der Waals surface area contributed by atoms with Gasteiger partial charge in [-0.2, -0.15) is 3.21 Å². The molecule has 0 bridgehead atoms. The lowest BCUT2D eigenvalue weighted by atomic mass is 10.6. The minimum atomic E-state index is -1.04. The van der Waals surface area contributed by atoms with Crippen molar-refractivity contribution in [3.8, 4) is 0 Å². The number of nitrogens with one attached hydrogen (secondary N) is 1. The molecule has 1 aliphatic heterocycles. The summed E-state index contributed by atoms with van der Waals surface area (Å²) in [5.74, 6) is -1.07. The van der Waals surface area contributed by atoms with Gasteiger partial charge in [0.15, 0.2) is 21.3 Å². The lowest BCUT2D eigenvalue weighted by Crippen LogP contribution is -2.23.